The van der Waals surface area contributed by atoms with Crippen LogP contribution in [0.1, 0.15) is 30.5 Å². The summed E-state index contributed by atoms with van der Waals surface area (Å²) in [6, 6.07) is 15.1. The molecule has 0 spiro atoms. The summed E-state index contributed by atoms with van der Waals surface area (Å²) in [5.74, 6) is 1.31. The first kappa shape index (κ1) is 19.3. The molecule has 0 unspecified atom stereocenters. The summed E-state index contributed by atoms with van der Waals surface area (Å²) in [4.78, 5) is 0. The van der Waals surface area contributed by atoms with E-state index in [1.54, 1.807) is 0 Å². The Bertz CT molecular complexity index is 580. The molecule has 2 aromatic carbocycles. The molecule has 2 aromatic rings. The zero-order valence-corrected chi connectivity index (χ0v) is 14.0. The number of hydrogen-bond donors (Lipinski definition) is 1. The highest BCUT2D eigenvalue weighted by molar-refractivity contribution is 5.85. The second kappa shape index (κ2) is 10.1. The number of benzene rings is 2. The maximum Gasteiger partial charge on any atom is 0.161 e. The molecule has 23 heavy (non-hydrogen) atoms. The Morgan fingerprint density at radius 2 is 1.78 bits per heavy atom. The Morgan fingerprint density at radius 1 is 1.04 bits per heavy atom. The molecule has 126 valence electrons. The Hall–Kier alpha value is -1.78. The standard InChI is InChI=1S/C18H22FNO2.ClH/c1-2-21-18-12-15(16(20)10-11-19)8-9-17(18)22-13-14-6-4-3-5-7-14;/h3-9,12,16H,2,10-11,13,20H2,1H3;1H/t16-;/m0./s1. The molecule has 0 bridgehead atoms. The SMILES string of the molecule is CCOc1cc([C@@H](N)CCF)ccc1OCc1ccccc1.Cl. The van der Waals surface area contributed by atoms with Crippen LogP contribution in [0.15, 0.2) is 48.5 Å². The van der Waals surface area contributed by atoms with Gasteiger partial charge in [0.05, 0.1) is 13.3 Å². The predicted octanol–water partition coefficient (Wildman–Crippen LogP) is 4.45. The molecule has 0 aliphatic carbocycles. The van der Waals surface area contributed by atoms with Gasteiger partial charge in [-0.25, -0.2) is 0 Å². The van der Waals surface area contributed by atoms with E-state index < -0.39 is 6.67 Å². The molecule has 0 amide bonds. The molecule has 0 aliphatic rings. The van der Waals surface area contributed by atoms with E-state index >= 15 is 0 Å². The van der Waals surface area contributed by atoms with Crippen molar-refractivity contribution < 1.29 is 13.9 Å². The summed E-state index contributed by atoms with van der Waals surface area (Å²) in [5.41, 5.74) is 7.89. The normalized spacial score (nSPS) is 11.4. The molecule has 0 aromatic heterocycles. The lowest BCUT2D eigenvalue weighted by molar-refractivity contribution is 0.269. The van der Waals surface area contributed by atoms with E-state index in [2.05, 4.69) is 0 Å². The van der Waals surface area contributed by atoms with Gasteiger partial charge in [0.25, 0.3) is 0 Å². The molecule has 0 radical (unpaired) electrons. The largest absolute Gasteiger partial charge is 0.490 e. The van der Waals surface area contributed by atoms with Crippen molar-refractivity contribution in [2.45, 2.75) is 26.0 Å². The Kier molecular flexibility index (Phi) is 8.45. The van der Waals surface area contributed by atoms with Crippen LogP contribution in [0.2, 0.25) is 0 Å². The monoisotopic (exact) mass is 339 g/mol. The number of hydrogen-bond acceptors (Lipinski definition) is 3. The minimum Gasteiger partial charge on any atom is -0.490 e. The average Bonchev–Trinajstić information content (AvgIpc) is 2.55. The molecular formula is C18H23ClFNO2. The molecule has 0 heterocycles. The first-order valence-electron chi connectivity index (χ1n) is 7.49. The number of alkyl halides is 1. The van der Waals surface area contributed by atoms with Crippen molar-refractivity contribution in [3.63, 3.8) is 0 Å². The zero-order valence-electron chi connectivity index (χ0n) is 13.2. The van der Waals surface area contributed by atoms with Crippen molar-refractivity contribution in [3.05, 3.63) is 59.7 Å². The summed E-state index contributed by atoms with van der Waals surface area (Å²) < 4.78 is 23.9. The van der Waals surface area contributed by atoms with Crippen LogP contribution in [0, 0.1) is 0 Å². The fourth-order valence-corrected chi connectivity index (χ4v) is 2.16. The highest BCUT2D eigenvalue weighted by atomic mass is 35.5. The van der Waals surface area contributed by atoms with Crippen LogP contribution >= 0.6 is 12.4 Å². The summed E-state index contributed by atoms with van der Waals surface area (Å²) >= 11 is 0. The van der Waals surface area contributed by atoms with Crippen LogP contribution in [0.3, 0.4) is 0 Å². The molecule has 0 fully saturated rings. The molecule has 0 saturated heterocycles. The van der Waals surface area contributed by atoms with Crippen molar-refractivity contribution in [2.24, 2.45) is 5.73 Å². The van der Waals surface area contributed by atoms with Gasteiger partial charge in [-0.1, -0.05) is 36.4 Å². The summed E-state index contributed by atoms with van der Waals surface area (Å²) in [6.45, 7) is 2.48. The lowest BCUT2D eigenvalue weighted by Crippen LogP contribution is -2.11. The van der Waals surface area contributed by atoms with E-state index in [0.717, 1.165) is 11.1 Å². The summed E-state index contributed by atoms with van der Waals surface area (Å²) in [5, 5.41) is 0. The maximum atomic E-state index is 12.4. The highest BCUT2D eigenvalue weighted by Gasteiger charge is 2.11. The van der Waals surface area contributed by atoms with E-state index in [9.17, 15) is 4.39 Å². The second-order valence-corrected chi connectivity index (χ2v) is 5.00. The number of halogens is 2. The summed E-state index contributed by atoms with van der Waals surface area (Å²) in [6.07, 6.45) is 0.301. The van der Waals surface area contributed by atoms with Gasteiger partial charge < -0.3 is 15.2 Å². The van der Waals surface area contributed by atoms with Crippen molar-refractivity contribution in [3.8, 4) is 11.5 Å². The van der Waals surface area contributed by atoms with Crippen molar-refractivity contribution >= 4 is 12.4 Å². The predicted molar refractivity (Wildman–Crippen MR) is 93.2 cm³/mol. The average molecular weight is 340 g/mol. The van der Waals surface area contributed by atoms with Gasteiger partial charge in [-0.15, -0.1) is 12.4 Å². The third-order valence-electron chi connectivity index (χ3n) is 3.35. The van der Waals surface area contributed by atoms with Gasteiger partial charge in [-0.3, -0.25) is 4.39 Å². The molecule has 3 nitrogen and oxygen atoms in total. The molecular weight excluding hydrogens is 317 g/mol. The third-order valence-corrected chi connectivity index (χ3v) is 3.35. The van der Waals surface area contributed by atoms with E-state index in [1.165, 1.54) is 0 Å². The molecule has 2 rings (SSSR count). The van der Waals surface area contributed by atoms with Gasteiger partial charge >= 0.3 is 0 Å². The van der Waals surface area contributed by atoms with Crippen LogP contribution in [-0.2, 0) is 6.61 Å². The maximum absolute atomic E-state index is 12.4. The Balaban J connectivity index is 0.00000264. The topological polar surface area (TPSA) is 44.5 Å². The van der Waals surface area contributed by atoms with Gasteiger partial charge in [0.15, 0.2) is 11.5 Å². The first-order valence-corrected chi connectivity index (χ1v) is 7.49. The Labute approximate surface area is 143 Å². The van der Waals surface area contributed by atoms with Crippen molar-refractivity contribution in [1.82, 2.24) is 0 Å². The Morgan fingerprint density at radius 3 is 2.43 bits per heavy atom. The van der Waals surface area contributed by atoms with E-state index in [1.807, 2.05) is 55.5 Å². The summed E-state index contributed by atoms with van der Waals surface area (Å²) in [7, 11) is 0. The second-order valence-electron chi connectivity index (χ2n) is 5.00. The quantitative estimate of drug-likeness (QED) is 0.773. The van der Waals surface area contributed by atoms with Crippen molar-refractivity contribution in [1.29, 1.82) is 0 Å². The lowest BCUT2D eigenvalue weighted by atomic mass is 10.0. The lowest BCUT2D eigenvalue weighted by Gasteiger charge is -2.16. The highest BCUT2D eigenvalue weighted by Crippen LogP contribution is 2.31. The van der Waals surface area contributed by atoms with E-state index in [-0.39, 0.29) is 18.4 Å². The van der Waals surface area contributed by atoms with Crippen LogP contribution in [0.25, 0.3) is 0 Å². The zero-order chi connectivity index (χ0) is 15.8. The van der Waals surface area contributed by atoms with Crippen LogP contribution < -0.4 is 15.2 Å². The smallest absolute Gasteiger partial charge is 0.161 e. The van der Waals surface area contributed by atoms with E-state index in [4.69, 9.17) is 15.2 Å². The van der Waals surface area contributed by atoms with Gasteiger partial charge in [0, 0.05) is 6.04 Å². The fourth-order valence-electron chi connectivity index (χ4n) is 2.16. The van der Waals surface area contributed by atoms with Gasteiger partial charge in [-0.05, 0) is 36.6 Å². The molecule has 1 atom stereocenters. The number of ether oxygens (including phenoxy) is 2. The van der Waals surface area contributed by atoms with E-state index in [0.29, 0.717) is 31.1 Å². The minimum atomic E-state index is -0.433. The van der Waals surface area contributed by atoms with Gasteiger partial charge in [0.2, 0.25) is 0 Å². The van der Waals surface area contributed by atoms with Gasteiger partial charge in [-0.2, -0.15) is 0 Å². The first-order chi connectivity index (χ1) is 10.7. The van der Waals surface area contributed by atoms with Gasteiger partial charge in [0.1, 0.15) is 6.61 Å². The van der Waals surface area contributed by atoms with Crippen molar-refractivity contribution in [2.75, 3.05) is 13.3 Å². The number of nitrogens with two attached hydrogens (primary N) is 1. The molecule has 2 N–H and O–H groups in total. The van der Waals surface area contributed by atoms with Crippen LogP contribution in [0.4, 0.5) is 4.39 Å². The molecule has 0 aliphatic heterocycles. The molecule has 5 heteroatoms. The molecule has 0 saturated carbocycles. The number of rotatable bonds is 8. The fraction of sp³-hybridized carbons (Fsp3) is 0.333. The van der Waals surface area contributed by atoms with Crippen LogP contribution in [-0.4, -0.2) is 13.3 Å². The van der Waals surface area contributed by atoms with Crippen LogP contribution in [0.5, 0.6) is 11.5 Å². The third kappa shape index (κ3) is 5.73. The minimum absolute atomic E-state index is 0.